The molecule has 1 N–H and O–H groups in total. The van der Waals surface area contributed by atoms with Crippen LogP contribution in [0.25, 0.3) is 0 Å². The molecule has 0 radical (unpaired) electrons. The number of hydrogen-bond acceptors (Lipinski definition) is 3. The van der Waals surface area contributed by atoms with Crippen molar-refractivity contribution in [3.8, 4) is 0 Å². The minimum Gasteiger partial charge on any atom is -0.474 e. The van der Waals surface area contributed by atoms with Crippen LogP contribution in [0.5, 0.6) is 0 Å². The van der Waals surface area contributed by atoms with Gasteiger partial charge in [-0.05, 0) is 41.2 Å². The minimum absolute atomic E-state index is 0.158. The number of ether oxygens (including phenoxy) is 1. The van der Waals surface area contributed by atoms with Gasteiger partial charge in [-0.25, -0.2) is 0 Å². The highest BCUT2D eigenvalue weighted by molar-refractivity contribution is 4.93. The Morgan fingerprint density at radius 1 is 1.27 bits per heavy atom. The molecule has 0 aliphatic carbocycles. The quantitative estimate of drug-likeness (QED) is 0.708. The van der Waals surface area contributed by atoms with Crippen LogP contribution in [0.1, 0.15) is 34.6 Å². The summed E-state index contributed by atoms with van der Waals surface area (Å²) in [5, 5.41) is 3.49. The first-order chi connectivity index (χ1) is 6.78. The molecule has 1 rings (SSSR count). The van der Waals surface area contributed by atoms with E-state index in [0.717, 1.165) is 19.0 Å². The Hall–Kier alpha value is -0.700. The highest BCUT2D eigenvalue weighted by Gasteiger charge is 2.24. The van der Waals surface area contributed by atoms with Crippen LogP contribution in [0.3, 0.4) is 0 Å². The Morgan fingerprint density at radius 3 is 2.13 bits per heavy atom. The number of nitrogens with zero attached hydrogens (tertiary/aromatic N) is 1. The average Bonchev–Trinajstić information content (AvgIpc) is 1.98. The van der Waals surface area contributed by atoms with Crippen LogP contribution >= 0.6 is 0 Å². The van der Waals surface area contributed by atoms with Crippen molar-refractivity contribution >= 4 is 0 Å². The van der Waals surface area contributed by atoms with E-state index in [9.17, 15) is 0 Å². The zero-order valence-corrected chi connectivity index (χ0v) is 10.6. The molecular weight excluding hydrogens is 188 g/mol. The maximum atomic E-state index is 5.78. The van der Waals surface area contributed by atoms with E-state index in [1.807, 2.05) is 20.8 Å². The van der Waals surface area contributed by atoms with Gasteiger partial charge in [-0.1, -0.05) is 0 Å². The van der Waals surface area contributed by atoms with Gasteiger partial charge in [-0.3, -0.25) is 0 Å². The van der Waals surface area contributed by atoms with Crippen molar-refractivity contribution in [2.24, 2.45) is 0 Å². The standard InChI is InChI=1S/C12H24N2O/c1-9-7-14(8-10(2)13-9)11(3)15-12(4,5)6/h9-10,13H,3,7-8H2,1-2,4-6H3/t9-,10+. The Labute approximate surface area is 93.5 Å². The fourth-order valence-electron chi connectivity index (χ4n) is 1.95. The summed E-state index contributed by atoms with van der Waals surface area (Å²) in [5.74, 6) is 0.794. The summed E-state index contributed by atoms with van der Waals surface area (Å²) in [6.45, 7) is 16.5. The maximum absolute atomic E-state index is 5.78. The lowest BCUT2D eigenvalue weighted by molar-refractivity contribution is -0.00743. The van der Waals surface area contributed by atoms with Crippen LogP contribution in [0, 0.1) is 0 Å². The molecule has 1 aliphatic rings. The summed E-state index contributed by atoms with van der Waals surface area (Å²) in [6, 6.07) is 0.989. The molecule has 2 atom stereocenters. The van der Waals surface area contributed by atoms with Gasteiger partial charge in [0, 0.05) is 25.2 Å². The molecule has 0 aromatic rings. The molecule has 0 unspecified atom stereocenters. The van der Waals surface area contributed by atoms with Gasteiger partial charge in [-0.15, -0.1) is 0 Å². The van der Waals surface area contributed by atoms with Crippen molar-refractivity contribution in [3.63, 3.8) is 0 Å². The van der Waals surface area contributed by atoms with Gasteiger partial charge >= 0.3 is 0 Å². The summed E-state index contributed by atoms with van der Waals surface area (Å²) in [5.41, 5.74) is -0.158. The molecule has 3 nitrogen and oxygen atoms in total. The van der Waals surface area contributed by atoms with Crippen molar-refractivity contribution in [1.29, 1.82) is 0 Å². The number of hydrogen-bond donors (Lipinski definition) is 1. The monoisotopic (exact) mass is 212 g/mol. The lowest BCUT2D eigenvalue weighted by Gasteiger charge is -2.39. The van der Waals surface area contributed by atoms with Gasteiger partial charge in [0.1, 0.15) is 5.60 Å². The Bertz CT molecular complexity index is 222. The van der Waals surface area contributed by atoms with E-state index in [2.05, 4.69) is 30.6 Å². The molecule has 88 valence electrons. The van der Waals surface area contributed by atoms with E-state index < -0.39 is 0 Å². The maximum Gasteiger partial charge on any atom is 0.182 e. The average molecular weight is 212 g/mol. The SMILES string of the molecule is C=C(OC(C)(C)C)N1C[C@@H](C)N[C@@H](C)C1. The van der Waals surface area contributed by atoms with Gasteiger partial charge in [0.2, 0.25) is 0 Å². The molecule has 0 saturated carbocycles. The van der Waals surface area contributed by atoms with Crippen LogP contribution in [-0.4, -0.2) is 35.7 Å². The van der Waals surface area contributed by atoms with Crippen molar-refractivity contribution in [2.75, 3.05) is 13.1 Å². The fourth-order valence-corrected chi connectivity index (χ4v) is 1.95. The van der Waals surface area contributed by atoms with Crippen molar-refractivity contribution in [1.82, 2.24) is 10.2 Å². The number of rotatable bonds is 2. The molecule has 1 fully saturated rings. The number of piperazine rings is 1. The van der Waals surface area contributed by atoms with Crippen LogP contribution in [0.2, 0.25) is 0 Å². The summed E-state index contributed by atoms with van der Waals surface area (Å²) in [4.78, 5) is 2.22. The molecule has 15 heavy (non-hydrogen) atoms. The molecule has 0 aromatic heterocycles. The van der Waals surface area contributed by atoms with Crippen molar-refractivity contribution in [2.45, 2.75) is 52.3 Å². The molecule has 0 aromatic carbocycles. The highest BCUT2D eigenvalue weighted by Crippen LogP contribution is 2.17. The molecule has 0 spiro atoms. The predicted octanol–water partition coefficient (Wildman–Crippen LogP) is 1.95. The first-order valence-corrected chi connectivity index (χ1v) is 5.67. The molecule has 3 heteroatoms. The van der Waals surface area contributed by atoms with Gasteiger partial charge < -0.3 is 15.0 Å². The van der Waals surface area contributed by atoms with E-state index >= 15 is 0 Å². The third-order valence-corrected chi connectivity index (χ3v) is 2.33. The summed E-state index contributed by atoms with van der Waals surface area (Å²) in [6.07, 6.45) is 0. The van der Waals surface area contributed by atoms with E-state index in [4.69, 9.17) is 4.74 Å². The van der Waals surface area contributed by atoms with Gasteiger partial charge in [0.25, 0.3) is 0 Å². The van der Waals surface area contributed by atoms with Gasteiger partial charge in [0.05, 0.1) is 0 Å². The zero-order valence-electron chi connectivity index (χ0n) is 10.6. The van der Waals surface area contributed by atoms with Crippen molar-refractivity contribution in [3.05, 3.63) is 12.5 Å². The van der Waals surface area contributed by atoms with E-state index in [1.54, 1.807) is 0 Å². The lowest BCUT2D eigenvalue weighted by atomic mass is 10.1. The second-order valence-electron chi connectivity index (χ2n) is 5.48. The molecule has 0 amide bonds. The summed E-state index contributed by atoms with van der Waals surface area (Å²) in [7, 11) is 0. The molecule has 1 heterocycles. The first-order valence-electron chi connectivity index (χ1n) is 5.67. The van der Waals surface area contributed by atoms with Crippen molar-refractivity contribution < 1.29 is 4.74 Å². The van der Waals surface area contributed by atoms with Crippen LogP contribution in [-0.2, 0) is 4.74 Å². The fraction of sp³-hybridized carbons (Fsp3) is 0.833. The van der Waals surface area contributed by atoms with Gasteiger partial charge in [-0.2, -0.15) is 0 Å². The van der Waals surface area contributed by atoms with Crippen LogP contribution < -0.4 is 5.32 Å². The summed E-state index contributed by atoms with van der Waals surface area (Å²) >= 11 is 0. The Balaban J connectivity index is 2.52. The predicted molar refractivity (Wildman–Crippen MR) is 63.6 cm³/mol. The molecule has 0 bridgehead atoms. The highest BCUT2D eigenvalue weighted by atomic mass is 16.5. The topological polar surface area (TPSA) is 24.5 Å². The second-order valence-corrected chi connectivity index (χ2v) is 5.48. The number of nitrogens with one attached hydrogen (secondary N) is 1. The molecule has 1 saturated heterocycles. The molecular formula is C12H24N2O. The zero-order chi connectivity index (χ0) is 11.6. The van der Waals surface area contributed by atoms with E-state index in [-0.39, 0.29) is 5.60 Å². The Kier molecular flexibility index (Phi) is 3.66. The molecule has 1 aliphatic heterocycles. The lowest BCUT2D eigenvalue weighted by Crippen LogP contribution is -2.54. The third kappa shape index (κ3) is 4.12. The van der Waals surface area contributed by atoms with E-state index in [1.165, 1.54) is 0 Å². The van der Waals surface area contributed by atoms with E-state index in [0.29, 0.717) is 12.1 Å². The largest absolute Gasteiger partial charge is 0.474 e. The smallest absolute Gasteiger partial charge is 0.182 e. The minimum atomic E-state index is -0.158. The summed E-state index contributed by atoms with van der Waals surface area (Å²) < 4.78 is 5.78. The van der Waals surface area contributed by atoms with Gasteiger partial charge in [0.15, 0.2) is 5.88 Å². The van der Waals surface area contributed by atoms with Crippen LogP contribution in [0.15, 0.2) is 12.5 Å². The first kappa shape index (κ1) is 12.4. The second kappa shape index (κ2) is 4.44. The normalized spacial score (nSPS) is 27.7. The third-order valence-electron chi connectivity index (χ3n) is 2.33. The van der Waals surface area contributed by atoms with Crippen LogP contribution in [0.4, 0.5) is 0 Å². The Morgan fingerprint density at radius 2 is 1.73 bits per heavy atom.